The lowest BCUT2D eigenvalue weighted by Crippen LogP contribution is -1.94. The van der Waals surface area contributed by atoms with Crippen LogP contribution in [0.25, 0.3) is 6.08 Å². The number of carboxylic acid groups (broad SMARTS) is 1. The van der Waals surface area contributed by atoms with E-state index in [4.69, 9.17) is 5.11 Å². The van der Waals surface area contributed by atoms with E-state index in [1.165, 1.54) is 0 Å². The Bertz CT molecular complexity index is 399. The minimum atomic E-state index is -1.55. The maximum Gasteiger partial charge on any atom is 0.364 e. The van der Waals surface area contributed by atoms with E-state index in [-0.39, 0.29) is 0 Å². The maximum atomic E-state index is 12.7. The van der Waals surface area contributed by atoms with Crippen LogP contribution in [0.1, 0.15) is 11.1 Å². The Morgan fingerprint density at radius 2 is 2.21 bits per heavy atom. The van der Waals surface area contributed by atoms with E-state index >= 15 is 0 Å². The predicted octanol–water partition coefficient (Wildman–Crippen LogP) is 3.15. The lowest BCUT2D eigenvalue weighted by molar-refractivity contribution is -0.134. The molecule has 1 aromatic rings. The van der Waals surface area contributed by atoms with E-state index in [0.29, 0.717) is 5.56 Å². The second-order valence-electron chi connectivity index (χ2n) is 2.81. The fraction of sp³-hybridized carbons (Fsp3) is 0.100. The monoisotopic (exact) mass is 258 g/mol. The summed E-state index contributed by atoms with van der Waals surface area (Å²) in [4.78, 5) is 10.2. The van der Waals surface area contributed by atoms with E-state index in [1.54, 1.807) is 18.2 Å². The topological polar surface area (TPSA) is 37.3 Å². The Morgan fingerprint density at radius 3 is 2.71 bits per heavy atom. The summed E-state index contributed by atoms with van der Waals surface area (Å²) < 4.78 is 13.6. The molecule has 0 radical (unpaired) electrons. The molecule has 0 aliphatic rings. The molecule has 1 rings (SSSR count). The highest BCUT2D eigenvalue weighted by molar-refractivity contribution is 9.10. The van der Waals surface area contributed by atoms with E-state index in [0.717, 1.165) is 16.1 Å². The molecule has 0 heterocycles. The number of aliphatic carboxylic acids is 1. The number of rotatable bonds is 2. The van der Waals surface area contributed by atoms with Crippen molar-refractivity contribution in [3.63, 3.8) is 0 Å². The number of benzene rings is 1. The van der Waals surface area contributed by atoms with Gasteiger partial charge in [-0.3, -0.25) is 0 Å². The van der Waals surface area contributed by atoms with Crippen LogP contribution in [0.3, 0.4) is 0 Å². The standard InChI is InChI=1S/C10H8BrFO2/c1-6-4-7(2-3-8(6)11)5-9(12)10(13)14/h2-5H,1H3,(H,13,14). The predicted molar refractivity (Wildman–Crippen MR) is 55.6 cm³/mol. The van der Waals surface area contributed by atoms with Crippen LogP contribution in [0.4, 0.5) is 4.39 Å². The molecule has 14 heavy (non-hydrogen) atoms. The highest BCUT2D eigenvalue weighted by Crippen LogP contribution is 2.18. The smallest absolute Gasteiger partial charge is 0.364 e. The highest BCUT2D eigenvalue weighted by atomic mass is 79.9. The number of aryl methyl sites for hydroxylation is 1. The Hall–Kier alpha value is -1.16. The van der Waals surface area contributed by atoms with Crippen LogP contribution in [0.5, 0.6) is 0 Å². The van der Waals surface area contributed by atoms with E-state index in [9.17, 15) is 9.18 Å². The zero-order valence-corrected chi connectivity index (χ0v) is 9.01. The van der Waals surface area contributed by atoms with Crippen molar-refractivity contribution in [3.8, 4) is 0 Å². The van der Waals surface area contributed by atoms with Crippen molar-refractivity contribution < 1.29 is 14.3 Å². The summed E-state index contributed by atoms with van der Waals surface area (Å²) in [5.74, 6) is -2.71. The van der Waals surface area contributed by atoms with Gasteiger partial charge in [0.25, 0.3) is 0 Å². The molecule has 2 nitrogen and oxygen atoms in total. The number of hydrogen-bond acceptors (Lipinski definition) is 1. The molecule has 4 heteroatoms. The van der Waals surface area contributed by atoms with Crippen molar-refractivity contribution in [3.05, 3.63) is 39.6 Å². The average molecular weight is 259 g/mol. The van der Waals surface area contributed by atoms with Crippen LogP contribution < -0.4 is 0 Å². The van der Waals surface area contributed by atoms with Crippen LogP contribution in [0.15, 0.2) is 28.5 Å². The lowest BCUT2D eigenvalue weighted by atomic mass is 10.1. The van der Waals surface area contributed by atoms with Crippen molar-refractivity contribution in [1.29, 1.82) is 0 Å². The molecule has 0 saturated carbocycles. The van der Waals surface area contributed by atoms with Crippen molar-refractivity contribution >= 4 is 28.0 Å². The Morgan fingerprint density at radius 1 is 1.57 bits per heavy atom. The molecule has 0 fully saturated rings. The van der Waals surface area contributed by atoms with Crippen LogP contribution in [0, 0.1) is 6.92 Å². The SMILES string of the molecule is Cc1cc(C=C(F)C(=O)O)ccc1Br. The quantitative estimate of drug-likeness (QED) is 0.828. The lowest BCUT2D eigenvalue weighted by Gasteiger charge is -1.99. The largest absolute Gasteiger partial charge is 0.476 e. The minimum absolute atomic E-state index is 0.533. The van der Waals surface area contributed by atoms with Crippen LogP contribution in [0.2, 0.25) is 0 Å². The van der Waals surface area contributed by atoms with Gasteiger partial charge in [0.2, 0.25) is 5.83 Å². The van der Waals surface area contributed by atoms with E-state index in [2.05, 4.69) is 15.9 Å². The van der Waals surface area contributed by atoms with Gasteiger partial charge in [0.15, 0.2) is 0 Å². The molecule has 0 aromatic heterocycles. The van der Waals surface area contributed by atoms with Gasteiger partial charge in [-0.15, -0.1) is 0 Å². The van der Waals surface area contributed by atoms with Gasteiger partial charge in [-0.2, -0.15) is 4.39 Å². The molecule has 0 unspecified atom stereocenters. The molecule has 1 aromatic carbocycles. The Balaban J connectivity index is 3.04. The fourth-order valence-corrected chi connectivity index (χ4v) is 1.21. The van der Waals surface area contributed by atoms with Crippen molar-refractivity contribution in [2.24, 2.45) is 0 Å². The van der Waals surface area contributed by atoms with Crippen molar-refractivity contribution in [2.75, 3.05) is 0 Å². The maximum absolute atomic E-state index is 12.7. The van der Waals surface area contributed by atoms with E-state index < -0.39 is 11.8 Å². The third kappa shape index (κ3) is 2.67. The first kappa shape index (κ1) is 10.9. The van der Waals surface area contributed by atoms with Gasteiger partial charge in [0.1, 0.15) is 0 Å². The van der Waals surface area contributed by atoms with Gasteiger partial charge in [-0.05, 0) is 30.2 Å². The minimum Gasteiger partial charge on any atom is -0.476 e. The molecule has 0 aliphatic heterocycles. The molecule has 0 amide bonds. The van der Waals surface area contributed by atoms with Gasteiger partial charge in [-0.25, -0.2) is 4.79 Å². The molecule has 1 N–H and O–H groups in total. The van der Waals surface area contributed by atoms with Crippen LogP contribution in [-0.2, 0) is 4.79 Å². The second-order valence-corrected chi connectivity index (χ2v) is 3.66. The first-order valence-corrected chi connectivity index (χ1v) is 4.66. The summed E-state index contributed by atoms with van der Waals surface area (Å²) >= 11 is 3.29. The van der Waals surface area contributed by atoms with Crippen LogP contribution >= 0.6 is 15.9 Å². The first-order valence-electron chi connectivity index (χ1n) is 3.87. The number of halogens is 2. The molecular formula is C10H8BrFO2. The van der Waals surface area contributed by atoms with Gasteiger partial charge in [-0.1, -0.05) is 28.1 Å². The Kier molecular flexibility index (Phi) is 3.41. The third-order valence-corrected chi connectivity index (χ3v) is 2.57. The molecule has 0 saturated heterocycles. The van der Waals surface area contributed by atoms with Crippen LogP contribution in [-0.4, -0.2) is 11.1 Å². The average Bonchev–Trinajstić information content (AvgIpc) is 2.11. The summed E-state index contributed by atoms with van der Waals surface area (Å²) in [5.41, 5.74) is 1.46. The second kappa shape index (κ2) is 4.37. The van der Waals surface area contributed by atoms with Gasteiger partial charge in [0, 0.05) is 4.47 Å². The first-order chi connectivity index (χ1) is 6.50. The number of carbonyl (C=O) groups is 1. The van der Waals surface area contributed by atoms with Gasteiger partial charge in [0.05, 0.1) is 0 Å². The Labute approximate surface area is 89.2 Å². The number of hydrogen-bond donors (Lipinski definition) is 1. The molecule has 0 spiro atoms. The molecule has 0 atom stereocenters. The molecule has 0 aliphatic carbocycles. The normalized spacial score (nSPS) is 11.5. The third-order valence-electron chi connectivity index (χ3n) is 1.68. The van der Waals surface area contributed by atoms with Gasteiger partial charge < -0.3 is 5.11 Å². The van der Waals surface area contributed by atoms with Crippen molar-refractivity contribution in [2.45, 2.75) is 6.92 Å². The molecular weight excluding hydrogens is 251 g/mol. The van der Waals surface area contributed by atoms with Gasteiger partial charge >= 0.3 is 5.97 Å². The van der Waals surface area contributed by atoms with Crippen molar-refractivity contribution in [1.82, 2.24) is 0 Å². The zero-order chi connectivity index (χ0) is 10.7. The fourth-order valence-electron chi connectivity index (χ4n) is 0.966. The number of carboxylic acids is 1. The summed E-state index contributed by atoms with van der Waals surface area (Å²) in [5, 5.41) is 8.31. The molecule has 0 bridgehead atoms. The van der Waals surface area contributed by atoms with E-state index in [1.807, 2.05) is 6.92 Å². The summed E-state index contributed by atoms with van der Waals surface area (Å²) in [6.45, 7) is 1.85. The summed E-state index contributed by atoms with van der Waals surface area (Å²) in [6, 6.07) is 5.09. The molecule has 74 valence electrons. The zero-order valence-electron chi connectivity index (χ0n) is 7.42. The summed E-state index contributed by atoms with van der Waals surface area (Å²) in [6.07, 6.45) is 0.988. The highest BCUT2D eigenvalue weighted by Gasteiger charge is 2.05. The summed E-state index contributed by atoms with van der Waals surface area (Å²) in [7, 11) is 0.